The summed E-state index contributed by atoms with van der Waals surface area (Å²) in [6, 6.07) is 13.7. The van der Waals surface area contributed by atoms with Gasteiger partial charge in [0.1, 0.15) is 11.6 Å². The smallest absolute Gasteiger partial charge is 0.303 e. The van der Waals surface area contributed by atoms with Crippen LogP contribution in [0.1, 0.15) is 12.8 Å². The predicted octanol–water partition coefficient (Wildman–Crippen LogP) is 3.74. The quantitative estimate of drug-likeness (QED) is 0.816. The Hall–Kier alpha value is -2.36. The number of halogens is 1. The standard InChI is InChI=1S/C16H15FO3/c17-14-8-6-12(7-9-14)13-3-1-4-15(11-13)20-10-2-5-16(18)19/h1,3-4,6-9,11H,2,5,10H2,(H,18,19). The summed E-state index contributed by atoms with van der Waals surface area (Å²) in [6.45, 7) is 0.360. The normalized spacial score (nSPS) is 10.2. The number of aliphatic carboxylic acids is 1. The minimum atomic E-state index is -0.825. The van der Waals surface area contributed by atoms with Gasteiger partial charge in [-0.2, -0.15) is 0 Å². The number of ether oxygens (including phenoxy) is 1. The molecule has 0 radical (unpaired) electrons. The summed E-state index contributed by atoms with van der Waals surface area (Å²) in [4.78, 5) is 10.4. The summed E-state index contributed by atoms with van der Waals surface area (Å²) in [7, 11) is 0. The third-order valence-corrected chi connectivity index (χ3v) is 2.82. The van der Waals surface area contributed by atoms with E-state index >= 15 is 0 Å². The van der Waals surface area contributed by atoms with Gasteiger partial charge in [-0.25, -0.2) is 4.39 Å². The zero-order valence-electron chi connectivity index (χ0n) is 10.9. The van der Waals surface area contributed by atoms with E-state index in [1.54, 1.807) is 12.1 Å². The van der Waals surface area contributed by atoms with Crippen LogP contribution in [-0.4, -0.2) is 17.7 Å². The summed E-state index contributed by atoms with van der Waals surface area (Å²) >= 11 is 0. The molecule has 0 aromatic heterocycles. The molecule has 0 amide bonds. The third kappa shape index (κ3) is 4.09. The number of carboxylic acids is 1. The van der Waals surface area contributed by atoms with E-state index < -0.39 is 5.97 Å². The lowest BCUT2D eigenvalue weighted by Crippen LogP contribution is -2.02. The number of hydrogen-bond donors (Lipinski definition) is 1. The lowest BCUT2D eigenvalue weighted by molar-refractivity contribution is -0.137. The van der Waals surface area contributed by atoms with Crippen molar-refractivity contribution in [2.24, 2.45) is 0 Å². The number of hydrogen-bond acceptors (Lipinski definition) is 2. The first-order chi connectivity index (χ1) is 9.65. The molecule has 0 aliphatic heterocycles. The third-order valence-electron chi connectivity index (χ3n) is 2.82. The van der Waals surface area contributed by atoms with Gasteiger partial charge in [0.05, 0.1) is 6.61 Å². The molecule has 0 saturated carbocycles. The molecule has 1 N–H and O–H groups in total. The Balaban J connectivity index is 2.00. The Morgan fingerprint density at radius 2 is 1.85 bits per heavy atom. The van der Waals surface area contributed by atoms with Crippen molar-refractivity contribution in [3.8, 4) is 16.9 Å². The van der Waals surface area contributed by atoms with E-state index in [1.165, 1.54) is 12.1 Å². The first kappa shape index (κ1) is 14.1. The van der Waals surface area contributed by atoms with Gasteiger partial charge in [-0.1, -0.05) is 24.3 Å². The highest BCUT2D eigenvalue weighted by Gasteiger charge is 2.02. The van der Waals surface area contributed by atoms with Gasteiger partial charge in [0.25, 0.3) is 0 Å². The van der Waals surface area contributed by atoms with Crippen LogP contribution in [0.25, 0.3) is 11.1 Å². The molecule has 2 aromatic carbocycles. The first-order valence-corrected chi connectivity index (χ1v) is 6.36. The molecule has 0 aliphatic carbocycles. The van der Waals surface area contributed by atoms with Gasteiger partial charge < -0.3 is 9.84 Å². The second-order valence-corrected chi connectivity index (χ2v) is 4.38. The molecule has 0 aliphatic rings. The van der Waals surface area contributed by atoms with Crippen molar-refractivity contribution in [1.82, 2.24) is 0 Å². The zero-order chi connectivity index (χ0) is 14.4. The van der Waals surface area contributed by atoms with Crippen LogP contribution < -0.4 is 4.74 Å². The topological polar surface area (TPSA) is 46.5 Å². The van der Waals surface area contributed by atoms with Crippen molar-refractivity contribution in [3.63, 3.8) is 0 Å². The van der Waals surface area contributed by atoms with Crippen molar-refractivity contribution >= 4 is 5.97 Å². The monoisotopic (exact) mass is 274 g/mol. The molecule has 104 valence electrons. The number of carboxylic acid groups (broad SMARTS) is 1. The molecule has 20 heavy (non-hydrogen) atoms. The Bertz CT molecular complexity index is 579. The fraction of sp³-hybridized carbons (Fsp3) is 0.188. The minimum absolute atomic E-state index is 0.0949. The maximum atomic E-state index is 12.9. The highest BCUT2D eigenvalue weighted by Crippen LogP contribution is 2.24. The highest BCUT2D eigenvalue weighted by molar-refractivity contribution is 5.66. The van der Waals surface area contributed by atoms with E-state index in [9.17, 15) is 9.18 Å². The van der Waals surface area contributed by atoms with Crippen molar-refractivity contribution in [2.75, 3.05) is 6.61 Å². The fourth-order valence-electron chi connectivity index (χ4n) is 1.82. The molecule has 0 heterocycles. The molecule has 3 nitrogen and oxygen atoms in total. The Morgan fingerprint density at radius 3 is 2.55 bits per heavy atom. The second kappa shape index (κ2) is 6.70. The SMILES string of the molecule is O=C(O)CCCOc1cccc(-c2ccc(F)cc2)c1. The Kier molecular flexibility index (Phi) is 4.71. The number of rotatable bonds is 6. The number of carbonyl (C=O) groups is 1. The maximum absolute atomic E-state index is 12.9. The average molecular weight is 274 g/mol. The van der Waals surface area contributed by atoms with Crippen LogP contribution in [0.3, 0.4) is 0 Å². The van der Waals surface area contributed by atoms with Crippen molar-refractivity contribution in [3.05, 3.63) is 54.3 Å². The molecular weight excluding hydrogens is 259 g/mol. The minimum Gasteiger partial charge on any atom is -0.494 e. The lowest BCUT2D eigenvalue weighted by Gasteiger charge is -2.07. The Labute approximate surface area is 116 Å². The summed E-state index contributed by atoms with van der Waals surface area (Å²) < 4.78 is 18.4. The van der Waals surface area contributed by atoms with Gasteiger partial charge in [0, 0.05) is 6.42 Å². The van der Waals surface area contributed by atoms with E-state index in [0.29, 0.717) is 18.8 Å². The van der Waals surface area contributed by atoms with Crippen LogP contribution in [0, 0.1) is 5.82 Å². The largest absolute Gasteiger partial charge is 0.494 e. The molecule has 0 unspecified atom stereocenters. The summed E-state index contributed by atoms with van der Waals surface area (Å²) in [5, 5.41) is 8.54. The predicted molar refractivity (Wildman–Crippen MR) is 74.2 cm³/mol. The summed E-state index contributed by atoms with van der Waals surface area (Å²) in [6.07, 6.45) is 0.563. The van der Waals surface area contributed by atoms with Crippen molar-refractivity contribution in [1.29, 1.82) is 0 Å². The van der Waals surface area contributed by atoms with Crippen LogP contribution in [0.5, 0.6) is 5.75 Å². The molecular formula is C16H15FO3. The summed E-state index contributed by atoms with van der Waals surface area (Å²) in [5.74, 6) is -0.416. The fourth-order valence-corrected chi connectivity index (χ4v) is 1.82. The van der Waals surface area contributed by atoms with Crippen LogP contribution in [0.4, 0.5) is 4.39 Å². The van der Waals surface area contributed by atoms with Crippen molar-refractivity contribution in [2.45, 2.75) is 12.8 Å². The van der Waals surface area contributed by atoms with Gasteiger partial charge in [-0.05, 0) is 41.8 Å². The summed E-state index contributed by atoms with van der Waals surface area (Å²) in [5.41, 5.74) is 1.84. The molecule has 0 spiro atoms. The van der Waals surface area contributed by atoms with E-state index in [1.807, 2.05) is 24.3 Å². The van der Waals surface area contributed by atoms with Crippen LogP contribution in [-0.2, 0) is 4.79 Å². The molecule has 2 rings (SSSR count). The van der Waals surface area contributed by atoms with E-state index in [4.69, 9.17) is 9.84 Å². The maximum Gasteiger partial charge on any atom is 0.303 e. The molecule has 0 saturated heterocycles. The molecule has 0 bridgehead atoms. The zero-order valence-corrected chi connectivity index (χ0v) is 10.9. The van der Waals surface area contributed by atoms with Gasteiger partial charge >= 0.3 is 5.97 Å². The first-order valence-electron chi connectivity index (χ1n) is 6.36. The van der Waals surface area contributed by atoms with Gasteiger partial charge in [0.15, 0.2) is 0 Å². The van der Waals surface area contributed by atoms with Gasteiger partial charge in [-0.3, -0.25) is 4.79 Å². The lowest BCUT2D eigenvalue weighted by atomic mass is 10.1. The van der Waals surface area contributed by atoms with E-state index in [-0.39, 0.29) is 12.2 Å². The van der Waals surface area contributed by atoms with Crippen LogP contribution >= 0.6 is 0 Å². The van der Waals surface area contributed by atoms with E-state index in [0.717, 1.165) is 11.1 Å². The van der Waals surface area contributed by atoms with Gasteiger partial charge in [-0.15, -0.1) is 0 Å². The molecule has 4 heteroatoms. The number of benzene rings is 2. The van der Waals surface area contributed by atoms with Gasteiger partial charge in [0.2, 0.25) is 0 Å². The molecule has 0 fully saturated rings. The van der Waals surface area contributed by atoms with Crippen molar-refractivity contribution < 1.29 is 19.0 Å². The molecule has 2 aromatic rings. The average Bonchev–Trinajstić information content (AvgIpc) is 2.44. The van der Waals surface area contributed by atoms with E-state index in [2.05, 4.69) is 0 Å². The highest BCUT2D eigenvalue weighted by atomic mass is 19.1. The van der Waals surface area contributed by atoms with Crippen LogP contribution in [0.2, 0.25) is 0 Å². The van der Waals surface area contributed by atoms with Crippen LogP contribution in [0.15, 0.2) is 48.5 Å². The molecule has 0 atom stereocenters. The Morgan fingerprint density at radius 1 is 1.10 bits per heavy atom. The second-order valence-electron chi connectivity index (χ2n) is 4.38.